The first kappa shape index (κ1) is 36.3. The number of sulfonamides is 1. The Morgan fingerprint density at radius 3 is 2.06 bits per heavy atom. The minimum Gasteiger partial charge on any atom is -0.489 e. The molecule has 9 heteroatoms. The van der Waals surface area contributed by atoms with Crippen molar-refractivity contribution in [3.63, 3.8) is 0 Å². The van der Waals surface area contributed by atoms with Gasteiger partial charge in [-0.25, -0.2) is 8.42 Å². The van der Waals surface area contributed by atoms with Crippen molar-refractivity contribution in [3.05, 3.63) is 84.4 Å². The predicted octanol–water partition coefficient (Wildman–Crippen LogP) is 7.00. The van der Waals surface area contributed by atoms with Crippen molar-refractivity contribution in [1.29, 1.82) is 0 Å². The summed E-state index contributed by atoms with van der Waals surface area (Å²) >= 11 is 0. The third-order valence-electron chi connectivity index (χ3n) is 9.55. The SMILES string of the molecule is Cc1ccc(S(=O)(=O)N2CCC[C@H]2C(=O)OC(C)(C)C)c(O[C@H]2CCC[C@@H](CO[Si](c3ccccc3)(c3ccccc3)C(C)(C)C)C2)c1. The molecule has 0 N–H and O–H groups in total. The van der Waals surface area contributed by atoms with Crippen LogP contribution >= 0.6 is 0 Å². The smallest absolute Gasteiger partial charge is 0.324 e. The van der Waals surface area contributed by atoms with Crippen LogP contribution in [0.5, 0.6) is 5.75 Å². The van der Waals surface area contributed by atoms with E-state index in [2.05, 4.69) is 81.4 Å². The molecular weight excluding hydrogens is 639 g/mol. The van der Waals surface area contributed by atoms with E-state index in [1.54, 1.807) is 32.9 Å². The summed E-state index contributed by atoms with van der Waals surface area (Å²) < 4.78 is 49.1. The number of nitrogens with zero attached hydrogens (tertiary/aromatic N) is 1. The van der Waals surface area contributed by atoms with Gasteiger partial charge in [0.15, 0.2) is 0 Å². The highest BCUT2D eigenvalue weighted by Crippen LogP contribution is 2.39. The zero-order chi connectivity index (χ0) is 34.7. The summed E-state index contributed by atoms with van der Waals surface area (Å²) in [6.45, 7) is 15.1. The summed E-state index contributed by atoms with van der Waals surface area (Å²) in [5.41, 5.74) is 0.211. The lowest BCUT2D eigenvalue weighted by atomic mass is 9.88. The van der Waals surface area contributed by atoms with Crippen molar-refractivity contribution in [2.45, 2.75) is 115 Å². The highest BCUT2D eigenvalue weighted by molar-refractivity contribution is 7.89. The van der Waals surface area contributed by atoms with Crippen LogP contribution in [0.3, 0.4) is 0 Å². The maximum Gasteiger partial charge on any atom is 0.324 e. The van der Waals surface area contributed by atoms with E-state index in [-0.39, 0.29) is 28.5 Å². The summed E-state index contributed by atoms with van der Waals surface area (Å²) in [5, 5.41) is 2.40. The maximum atomic E-state index is 14.2. The predicted molar refractivity (Wildman–Crippen MR) is 194 cm³/mol. The van der Waals surface area contributed by atoms with Gasteiger partial charge in [0.05, 0.1) is 6.10 Å². The zero-order valence-electron chi connectivity index (χ0n) is 29.7. The van der Waals surface area contributed by atoms with Gasteiger partial charge in [0.2, 0.25) is 10.0 Å². The van der Waals surface area contributed by atoms with E-state index in [1.807, 2.05) is 13.0 Å². The van der Waals surface area contributed by atoms with Gasteiger partial charge in [-0.1, -0.05) is 87.5 Å². The van der Waals surface area contributed by atoms with Crippen LogP contribution in [0.15, 0.2) is 83.8 Å². The fourth-order valence-electron chi connectivity index (χ4n) is 7.36. The number of aryl methyl sites for hydroxylation is 1. The zero-order valence-corrected chi connectivity index (χ0v) is 31.5. The van der Waals surface area contributed by atoms with Crippen LogP contribution in [0.2, 0.25) is 5.04 Å². The number of carbonyl (C=O) groups excluding carboxylic acids is 1. The number of hydrogen-bond donors (Lipinski definition) is 0. The molecule has 0 amide bonds. The van der Waals surface area contributed by atoms with Crippen LogP contribution in [0.1, 0.15) is 85.6 Å². The van der Waals surface area contributed by atoms with Crippen molar-refractivity contribution in [3.8, 4) is 5.75 Å². The number of benzene rings is 3. The second-order valence-corrected chi connectivity index (χ2v) is 21.7. The topological polar surface area (TPSA) is 82.1 Å². The Hall–Kier alpha value is -2.98. The van der Waals surface area contributed by atoms with Crippen LogP contribution in [-0.4, -0.2) is 57.9 Å². The Balaban J connectivity index is 1.36. The molecule has 2 aliphatic rings. The Labute approximate surface area is 289 Å². The molecule has 1 aliphatic carbocycles. The first-order valence-corrected chi connectivity index (χ1v) is 20.7. The third-order valence-corrected chi connectivity index (χ3v) is 16.5. The molecule has 7 nitrogen and oxygen atoms in total. The van der Waals surface area contributed by atoms with E-state index in [0.717, 1.165) is 31.2 Å². The van der Waals surface area contributed by atoms with E-state index in [9.17, 15) is 13.2 Å². The Morgan fingerprint density at radius 2 is 1.48 bits per heavy atom. The molecule has 1 saturated heterocycles. The Morgan fingerprint density at radius 1 is 0.854 bits per heavy atom. The molecular formula is C39H53NO6SSi. The highest BCUT2D eigenvalue weighted by Gasteiger charge is 2.50. The minimum atomic E-state index is -4.02. The Kier molecular flexibility index (Phi) is 10.9. The van der Waals surface area contributed by atoms with E-state index in [1.165, 1.54) is 14.7 Å². The molecule has 0 bridgehead atoms. The number of carbonyl (C=O) groups is 1. The second-order valence-electron chi connectivity index (χ2n) is 15.5. The summed E-state index contributed by atoms with van der Waals surface area (Å²) in [5.74, 6) is 0.114. The molecule has 3 aromatic rings. The fourth-order valence-corrected chi connectivity index (χ4v) is 13.8. The minimum absolute atomic E-state index is 0.106. The molecule has 5 rings (SSSR count). The molecule has 0 unspecified atom stereocenters. The first-order valence-electron chi connectivity index (χ1n) is 17.4. The first-order chi connectivity index (χ1) is 22.6. The molecule has 0 spiro atoms. The van der Waals surface area contributed by atoms with Gasteiger partial charge in [-0.3, -0.25) is 4.79 Å². The molecule has 260 valence electrons. The normalized spacial score (nSPS) is 21.2. The number of rotatable bonds is 10. The van der Waals surface area contributed by atoms with Gasteiger partial charge < -0.3 is 13.9 Å². The van der Waals surface area contributed by atoms with E-state index in [4.69, 9.17) is 13.9 Å². The van der Waals surface area contributed by atoms with Gasteiger partial charge in [0, 0.05) is 13.2 Å². The number of hydrogen-bond acceptors (Lipinski definition) is 6. The fraction of sp³-hybridized carbons (Fsp3) is 0.513. The standard InChI is InChI=1S/C39H53NO6SSi/c1-29-23-24-36(47(42,43)40-25-15-22-34(40)37(41)46-38(2,3)4)35(26-29)45-31-17-14-16-30(27-31)28-44-48(39(5,6)7,32-18-10-8-11-19-32)33-20-12-9-13-21-33/h8-13,18-21,23-24,26,30-31,34H,14-17,22,25,27-28H2,1-7H3/t30-,31+,34+/m1/s1. The van der Waals surface area contributed by atoms with Crippen molar-refractivity contribution >= 4 is 34.7 Å². The molecule has 3 atom stereocenters. The second kappa shape index (κ2) is 14.5. The largest absolute Gasteiger partial charge is 0.489 e. The maximum absolute atomic E-state index is 14.2. The summed E-state index contributed by atoms with van der Waals surface area (Å²) in [4.78, 5) is 13.2. The van der Waals surface area contributed by atoms with Crippen LogP contribution in [0.25, 0.3) is 0 Å². The third kappa shape index (κ3) is 7.90. The van der Waals surface area contributed by atoms with Gasteiger partial charge in [-0.2, -0.15) is 4.31 Å². The van der Waals surface area contributed by atoms with Gasteiger partial charge in [-0.15, -0.1) is 0 Å². The molecule has 1 heterocycles. The summed E-state index contributed by atoms with van der Waals surface area (Å²) in [7, 11) is -6.70. The molecule has 3 aromatic carbocycles. The van der Waals surface area contributed by atoms with E-state index >= 15 is 0 Å². The molecule has 1 saturated carbocycles. The van der Waals surface area contributed by atoms with Crippen molar-refractivity contribution < 1.29 is 27.1 Å². The monoisotopic (exact) mass is 691 g/mol. The van der Waals surface area contributed by atoms with Crippen LogP contribution < -0.4 is 15.1 Å². The van der Waals surface area contributed by atoms with Crippen LogP contribution in [0.4, 0.5) is 0 Å². The quantitative estimate of drug-likeness (QED) is 0.168. The van der Waals surface area contributed by atoms with E-state index < -0.39 is 36.0 Å². The molecule has 0 aromatic heterocycles. The van der Waals surface area contributed by atoms with Gasteiger partial charge in [0.25, 0.3) is 8.32 Å². The van der Waals surface area contributed by atoms with Gasteiger partial charge >= 0.3 is 5.97 Å². The van der Waals surface area contributed by atoms with Crippen LogP contribution in [0, 0.1) is 12.8 Å². The average Bonchev–Trinajstić information content (AvgIpc) is 3.53. The van der Waals surface area contributed by atoms with E-state index in [0.29, 0.717) is 25.2 Å². The van der Waals surface area contributed by atoms with Gasteiger partial charge in [0.1, 0.15) is 22.3 Å². The highest BCUT2D eigenvalue weighted by atomic mass is 32.2. The van der Waals surface area contributed by atoms with Crippen molar-refractivity contribution in [1.82, 2.24) is 4.31 Å². The average molecular weight is 692 g/mol. The Bertz CT molecular complexity index is 1610. The lowest BCUT2D eigenvalue weighted by Gasteiger charge is -2.44. The lowest BCUT2D eigenvalue weighted by molar-refractivity contribution is -0.158. The molecule has 48 heavy (non-hydrogen) atoms. The number of ether oxygens (including phenoxy) is 2. The van der Waals surface area contributed by atoms with Crippen LogP contribution in [-0.2, 0) is 24.0 Å². The molecule has 0 radical (unpaired) electrons. The number of esters is 1. The summed E-state index contributed by atoms with van der Waals surface area (Å²) in [6.07, 6.45) is 4.50. The summed E-state index contributed by atoms with van der Waals surface area (Å²) in [6, 6.07) is 25.8. The van der Waals surface area contributed by atoms with Crippen molar-refractivity contribution in [2.75, 3.05) is 13.2 Å². The molecule has 1 aliphatic heterocycles. The van der Waals surface area contributed by atoms with Gasteiger partial charge in [-0.05, 0) is 105 Å². The lowest BCUT2D eigenvalue weighted by Crippen LogP contribution is -2.67. The molecule has 2 fully saturated rings. The van der Waals surface area contributed by atoms with Crippen molar-refractivity contribution in [2.24, 2.45) is 5.92 Å².